The average Bonchev–Trinajstić information content (AvgIpc) is 2.21. The van der Waals surface area contributed by atoms with Crippen LogP contribution in [0.5, 0.6) is 0 Å². The zero-order valence-corrected chi connectivity index (χ0v) is 10.0. The molecule has 1 amide bonds. The van der Waals surface area contributed by atoms with Crippen molar-refractivity contribution in [3.05, 3.63) is 5.75 Å². The first-order valence-corrected chi connectivity index (χ1v) is 5.33. The van der Waals surface area contributed by atoms with Crippen molar-refractivity contribution in [2.75, 3.05) is 7.11 Å². The lowest BCUT2D eigenvalue weighted by molar-refractivity contribution is -0.143. The topological polar surface area (TPSA) is 92.7 Å². The van der Waals surface area contributed by atoms with Gasteiger partial charge in [-0.2, -0.15) is 0 Å². The number of carbonyl (C=O) groups excluding carboxylic acids is 3. The number of ether oxygens (including phenoxy) is 1. The van der Waals surface area contributed by atoms with Gasteiger partial charge < -0.3 is 15.2 Å². The molecule has 2 N–H and O–H groups in total. The van der Waals surface area contributed by atoms with Gasteiger partial charge in [-0.25, -0.2) is 4.79 Å². The molecular weight excluding hydrogens is 234 g/mol. The van der Waals surface area contributed by atoms with Gasteiger partial charge in [0.15, 0.2) is 0 Å². The third kappa shape index (κ3) is 5.72. The van der Waals surface area contributed by atoms with E-state index in [1.165, 1.54) is 26.7 Å². The van der Waals surface area contributed by atoms with E-state index in [9.17, 15) is 14.4 Å². The van der Waals surface area contributed by atoms with Crippen LogP contribution in [0.15, 0.2) is 0 Å². The number of esters is 1. The molecular formula is C9H14NO5S. The van der Waals surface area contributed by atoms with Gasteiger partial charge in [-0.1, -0.05) is 11.8 Å². The van der Waals surface area contributed by atoms with E-state index in [1.807, 2.05) is 0 Å². The van der Waals surface area contributed by atoms with Crippen molar-refractivity contribution in [1.29, 1.82) is 0 Å². The van der Waals surface area contributed by atoms with Gasteiger partial charge in [0.25, 0.3) is 0 Å². The van der Waals surface area contributed by atoms with Gasteiger partial charge in [0.05, 0.1) is 12.9 Å². The third-order valence-corrected chi connectivity index (χ3v) is 2.46. The van der Waals surface area contributed by atoms with E-state index in [0.717, 1.165) is 0 Å². The molecule has 0 aliphatic carbocycles. The second-order valence-electron chi connectivity index (χ2n) is 2.95. The molecule has 0 aromatic carbocycles. The number of thioether (sulfide) groups is 1. The van der Waals surface area contributed by atoms with Crippen molar-refractivity contribution >= 4 is 28.8 Å². The Labute approximate surface area is 97.7 Å². The fraction of sp³-hybridized carbons (Fsp3) is 0.556. The molecule has 6 nitrogen and oxygen atoms in total. The Morgan fingerprint density at radius 3 is 2.38 bits per heavy atom. The molecule has 16 heavy (non-hydrogen) atoms. The van der Waals surface area contributed by atoms with Gasteiger partial charge in [0.2, 0.25) is 11.0 Å². The molecule has 0 spiro atoms. The smallest absolute Gasteiger partial charge is 0.329 e. The lowest BCUT2D eigenvalue weighted by Gasteiger charge is -2.14. The van der Waals surface area contributed by atoms with Gasteiger partial charge in [-0.3, -0.25) is 9.59 Å². The van der Waals surface area contributed by atoms with Crippen LogP contribution in [0.2, 0.25) is 0 Å². The van der Waals surface area contributed by atoms with Gasteiger partial charge >= 0.3 is 5.97 Å². The molecule has 2 atom stereocenters. The summed E-state index contributed by atoms with van der Waals surface area (Å²) in [6.07, 6.45) is -1.13. The summed E-state index contributed by atoms with van der Waals surface area (Å²) in [6.45, 7) is 2.56. The molecule has 0 heterocycles. The predicted molar refractivity (Wildman–Crippen MR) is 58.2 cm³/mol. The summed E-state index contributed by atoms with van der Waals surface area (Å²) in [5.74, 6) is 0.111. The second kappa shape index (κ2) is 7.24. The van der Waals surface area contributed by atoms with E-state index in [2.05, 4.69) is 10.1 Å². The molecule has 0 saturated heterocycles. The molecule has 2 unspecified atom stereocenters. The average molecular weight is 248 g/mol. The van der Waals surface area contributed by atoms with E-state index in [4.69, 9.17) is 5.11 Å². The highest BCUT2D eigenvalue weighted by molar-refractivity contribution is 8.15. The molecule has 1 radical (unpaired) electrons. The maximum absolute atomic E-state index is 11.2. The Morgan fingerprint density at radius 2 is 2.00 bits per heavy atom. The first-order chi connectivity index (χ1) is 7.38. The number of hydrogen-bond acceptors (Lipinski definition) is 6. The maximum Gasteiger partial charge on any atom is 0.329 e. The first kappa shape index (κ1) is 14.9. The quantitative estimate of drug-likeness (QED) is 0.635. The van der Waals surface area contributed by atoms with Gasteiger partial charge in [0, 0.05) is 6.92 Å². The largest absolute Gasteiger partial charge is 0.467 e. The van der Waals surface area contributed by atoms with Gasteiger partial charge in [-0.15, -0.1) is 0 Å². The van der Waals surface area contributed by atoms with Crippen molar-refractivity contribution in [2.45, 2.75) is 26.0 Å². The third-order valence-electron chi connectivity index (χ3n) is 1.48. The highest BCUT2D eigenvalue weighted by Crippen LogP contribution is 2.13. The van der Waals surface area contributed by atoms with Crippen LogP contribution < -0.4 is 5.32 Å². The van der Waals surface area contributed by atoms with Crippen molar-refractivity contribution in [1.82, 2.24) is 5.32 Å². The standard InChI is InChI=1S/C9H14NO5S/c1-5(11)9(14)16-4-7(8(13)15-3)10-6(2)12/h4-5,7,11H,1-3H3,(H,10,12). The second-order valence-corrected chi connectivity index (χ2v) is 3.86. The molecule has 0 aromatic heterocycles. The molecule has 0 aliphatic rings. The summed E-state index contributed by atoms with van der Waals surface area (Å²) in [4.78, 5) is 33.0. The molecule has 0 bridgehead atoms. The minimum Gasteiger partial charge on any atom is -0.467 e. The van der Waals surface area contributed by atoms with Crippen LogP contribution in [-0.2, 0) is 19.1 Å². The van der Waals surface area contributed by atoms with Crippen molar-refractivity contribution in [3.8, 4) is 0 Å². The van der Waals surface area contributed by atoms with Crippen LogP contribution in [0.25, 0.3) is 0 Å². The minimum atomic E-state index is -1.13. The fourth-order valence-electron chi connectivity index (χ4n) is 0.728. The summed E-state index contributed by atoms with van der Waals surface area (Å²) < 4.78 is 4.43. The zero-order valence-electron chi connectivity index (χ0n) is 9.22. The lowest BCUT2D eigenvalue weighted by atomic mass is 10.3. The predicted octanol–water partition coefficient (Wildman–Crippen LogP) is -0.534. The highest BCUT2D eigenvalue weighted by Gasteiger charge is 2.23. The van der Waals surface area contributed by atoms with Crippen LogP contribution in [0.3, 0.4) is 0 Å². The van der Waals surface area contributed by atoms with E-state index < -0.39 is 29.1 Å². The Kier molecular flexibility index (Phi) is 6.75. The van der Waals surface area contributed by atoms with E-state index in [1.54, 1.807) is 0 Å². The van der Waals surface area contributed by atoms with Crippen LogP contribution in [0, 0.1) is 5.75 Å². The molecule has 0 fully saturated rings. The van der Waals surface area contributed by atoms with E-state index >= 15 is 0 Å². The number of aliphatic hydroxyl groups excluding tert-OH is 1. The number of rotatable bonds is 5. The summed E-state index contributed by atoms with van der Waals surface area (Å²) in [5.41, 5.74) is 0. The Bertz CT molecular complexity index is 279. The SMILES string of the molecule is COC(=O)C([CH]SC(=O)C(C)O)NC(C)=O. The highest BCUT2D eigenvalue weighted by atomic mass is 32.2. The molecule has 0 rings (SSSR count). The number of aliphatic hydroxyl groups is 1. The number of carbonyl (C=O) groups is 3. The van der Waals surface area contributed by atoms with Crippen molar-refractivity contribution in [3.63, 3.8) is 0 Å². The summed E-state index contributed by atoms with van der Waals surface area (Å²) in [6, 6.07) is -1.00. The molecule has 7 heteroatoms. The Balaban J connectivity index is 4.27. The number of amides is 1. The van der Waals surface area contributed by atoms with E-state index in [0.29, 0.717) is 11.8 Å². The van der Waals surface area contributed by atoms with Crippen LogP contribution in [0.1, 0.15) is 13.8 Å². The fourth-order valence-corrected chi connectivity index (χ4v) is 1.37. The number of methoxy groups -OCH3 is 1. The summed E-state index contributed by atoms with van der Waals surface area (Å²) in [7, 11) is 1.17. The minimum absolute atomic E-state index is 0.420. The first-order valence-electron chi connectivity index (χ1n) is 4.45. The summed E-state index contributed by atoms with van der Waals surface area (Å²) in [5, 5.41) is 10.7. The Hall–Kier alpha value is -1.08. The van der Waals surface area contributed by atoms with Crippen LogP contribution >= 0.6 is 11.8 Å². The Morgan fingerprint density at radius 1 is 1.44 bits per heavy atom. The van der Waals surface area contributed by atoms with E-state index in [-0.39, 0.29) is 0 Å². The number of hydrogen-bond donors (Lipinski definition) is 2. The lowest BCUT2D eigenvalue weighted by Crippen LogP contribution is -2.40. The monoisotopic (exact) mass is 248 g/mol. The number of nitrogens with one attached hydrogen (secondary N) is 1. The molecule has 0 saturated carbocycles. The molecule has 0 aromatic rings. The summed E-state index contributed by atoms with van der Waals surface area (Å²) >= 11 is 0.649. The molecule has 91 valence electrons. The maximum atomic E-state index is 11.2. The normalized spacial score (nSPS) is 13.8. The van der Waals surface area contributed by atoms with Crippen LogP contribution in [0.4, 0.5) is 0 Å². The van der Waals surface area contributed by atoms with Gasteiger partial charge in [-0.05, 0) is 6.92 Å². The van der Waals surface area contributed by atoms with Crippen LogP contribution in [-0.4, -0.2) is 41.4 Å². The van der Waals surface area contributed by atoms with Crippen molar-refractivity contribution < 1.29 is 24.2 Å². The zero-order chi connectivity index (χ0) is 12.7. The van der Waals surface area contributed by atoms with Crippen molar-refractivity contribution in [2.24, 2.45) is 0 Å². The molecule has 0 aliphatic heterocycles. The van der Waals surface area contributed by atoms with Gasteiger partial charge in [0.1, 0.15) is 12.1 Å².